The Bertz CT molecular complexity index is 501. The van der Waals surface area contributed by atoms with Crippen molar-refractivity contribution in [2.75, 3.05) is 6.54 Å². The van der Waals surface area contributed by atoms with Gasteiger partial charge in [0.1, 0.15) is 6.04 Å². The number of hydrogen-bond acceptors (Lipinski definition) is 2. The van der Waals surface area contributed by atoms with Crippen LogP contribution in [0.3, 0.4) is 0 Å². The van der Waals surface area contributed by atoms with Crippen molar-refractivity contribution in [3.63, 3.8) is 0 Å². The lowest BCUT2D eigenvalue weighted by Gasteiger charge is -2.25. The molecule has 20 heavy (non-hydrogen) atoms. The van der Waals surface area contributed by atoms with E-state index in [0.29, 0.717) is 10.6 Å². The molecule has 0 aromatic heterocycles. The molecule has 0 radical (unpaired) electrons. The number of halogens is 1. The van der Waals surface area contributed by atoms with Crippen molar-refractivity contribution in [3.05, 3.63) is 34.9 Å². The summed E-state index contributed by atoms with van der Waals surface area (Å²) in [5.74, 6) is -0.272. The second-order valence-corrected chi connectivity index (χ2v) is 5.66. The Morgan fingerprint density at radius 3 is 2.55 bits per heavy atom. The van der Waals surface area contributed by atoms with E-state index in [9.17, 15) is 9.59 Å². The predicted octanol–water partition coefficient (Wildman–Crippen LogP) is 2.47. The minimum absolute atomic E-state index is 0.0164. The van der Waals surface area contributed by atoms with Crippen molar-refractivity contribution in [1.29, 1.82) is 0 Å². The second-order valence-electron chi connectivity index (χ2n) is 5.22. The fraction of sp³-hybridized carbons (Fsp3) is 0.467. The Morgan fingerprint density at radius 2 is 2.00 bits per heavy atom. The number of hydrogen-bond donors (Lipinski definition) is 1. The van der Waals surface area contributed by atoms with E-state index in [-0.39, 0.29) is 17.9 Å². The molecule has 1 aromatic rings. The zero-order valence-electron chi connectivity index (χ0n) is 11.7. The largest absolute Gasteiger partial charge is 0.341 e. The van der Waals surface area contributed by atoms with E-state index < -0.39 is 6.04 Å². The Morgan fingerprint density at radius 1 is 1.35 bits per heavy atom. The van der Waals surface area contributed by atoms with Crippen molar-refractivity contribution in [2.24, 2.45) is 0 Å². The fourth-order valence-corrected chi connectivity index (χ4v) is 2.58. The summed E-state index contributed by atoms with van der Waals surface area (Å²) >= 11 is 5.78. The SMILES string of the molecule is CC(NC(=O)c1ccc(Cl)cc1)C(=O)N1CCC[C@@H]1C. The van der Waals surface area contributed by atoms with E-state index in [4.69, 9.17) is 11.6 Å². The number of rotatable bonds is 3. The lowest BCUT2D eigenvalue weighted by Crippen LogP contribution is -2.47. The van der Waals surface area contributed by atoms with Gasteiger partial charge in [0.25, 0.3) is 5.91 Å². The molecule has 2 rings (SSSR count). The van der Waals surface area contributed by atoms with E-state index >= 15 is 0 Å². The predicted molar refractivity (Wildman–Crippen MR) is 78.8 cm³/mol. The van der Waals surface area contributed by atoms with E-state index in [2.05, 4.69) is 5.32 Å². The van der Waals surface area contributed by atoms with Gasteiger partial charge in [0.15, 0.2) is 0 Å². The normalized spacial score (nSPS) is 19.8. The van der Waals surface area contributed by atoms with Crippen LogP contribution in [-0.4, -0.2) is 35.3 Å². The average Bonchev–Trinajstić information content (AvgIpc) is 2.84. The van der Waals surface area contributed by atoms with Gasteiger partial charge in [0.05, 0.1) is 0 Å². The quantitative estimate of drug-likeness (QED) is 0.931. The molecular weight excluding hydrogens is 276 g/mol. The monoisotopic (exact) mass is 294 g/mol. The summed E-state index contributed by atoms with van der Waals surface area (Å²) in [6, 6.07) is 6.36. The minimum atomic E-state index is -0.515. The fourth-order valence-electron chi connectivity index (χ4n) is 2.45. The minimum Gasteiger partial charge on any atom is -0.341 e. The molecule has 0 saturated carbocycles. The van der Waals surface area contributed by atoms with Gasteiger partial charge < -0.3 is 10.2 Å². The van der Waals surface area contributed by atoms with Crippen LogP contribution in [-0.2, 0) is 4.79 Å². The molecule has 1 fully saturated rings. The summed E-state index contributed by atoms with van der Waals surface area (Å²) in [5.41, 5.74) is 0.503. The number of carbonyl (C=O) groups is 2. The molecule has 1 saturated heterocycles. The number of nitrogens with zero attached hydrogens (tertiary/aromatic N) is 1. The first-order valence-corrected chi connectivity index (χ1v) is 7.23. The van der Waals surface area contributed by atoms with Crippen molar-refractivity contribution >= 4 is 23.4 Å². The molecule has 4 nitrogen and oxygen atoms in total. The molecule has 0 bridgehead atoms. The molecule has 108 valence electrons. The van der Waals surface area contributed by atoms with Gasteiger partial charge in [-0.2, -0.15) is 0 Å². The summed E-state index contributed by atoms with van der Waals surface area (Å²) < 4.78 is 0. The van der Waals surface area contributed by atoms with E-state index in [1.807, 2.05) is 11.8 Å². The van der Waals surface area contributed by atoms with Crippen LogP contribution in [0.25, 0.3) is 0 Å². The topological polar surface area (TPSA) is 49.4 Å². The number of benzene rings is 1. The molecule has 1 aliphatic heterocycles. The van der Waals surface area contributed by atoms with Gasteiger partial charge in [-0.1, -0.05) is 11.6 Å². The smallest absolute Gasteiger partial charge is 0.251 e. The second kappa shape index (κ2) is 6.27. The van der Waals surface area contributed by atoms with E-state index in [1.54, 1.807) is 31.2 Å². The molecule has 2 amide bonds. The molecule has 0 spiro atoms. The first-order chi connectivity index (χ1) is 9.49. The third-order valence-electron chi connectivity index (χ3n) is 3.66. The highest BCUT2D eigenvalue weighted by molar-refractivity contribution is 6.30. The van der Waals surface area contributed by atoms with Crippen LogP contribution in [0.15, 0.2) is 24.3 Å². The van der Waals surface area contributed by atoms with Crippen molar-refractivity contribution in [3.8, 4) is 0 Å². The lowest BCUT2D eigenvalue weighted by molar-refractivity contribution is -0.133. The van der Waals surface area contributed by atoms with Crippen LogP contribution in [0.1, 0.15) is 37.0 Å². The molecule has 2 atom stereocenters. The zero-order chi connectivity index (χ0) is 14.7. The number of carbonyl (C=O) groups excluding carboxylic acids is 2. The van der Waals surface area contributed by atoms with Crippen LogP contribution in [0.5, 0.6) is 0 Å². The van der Waals surface area contributed by atoms with Crippen molar-refractivity contribution in [2.45, 2.75) is 38.8 Å². The van der Waals surface area contributed by atoms with Crippen LogP contribution in [0.2, 0.25) is 5.02 Å². The average molecular weight is 295 g/mol. The molecule has 1 aliphatic rings. The maximum Gasteiger partial charge on any atom is 0.251 e. The highest BCUT2D eigenvalue weighted by Gasteiger charge is 2.29. The lowest BCUT2D eigenvalue weighted by atomic mass is 10.2. The van der Waals surface area contributed by atoms with Gasteiger partial charge in [-0.3, -0.25) is 9.59 Å². The molecule has 1 unspecified atom stereocenters. The number of likely N-dealkylation sites (tertiary alicyclic amines) is 1. The zero-order valence-corrected chi connectivity index (χ0v) is 12.5. The van der Waals surface area contributed by atoms with Crippen LogP contribution in [0.4, 0.5) is 0 Å². The van der Waals surface area contributed by atoms with Gasteiger partial charge in [0, 0.05) is 23.2 Å². The molecule has 0 aliphatic carbocycles. The van der Waals surface area contributed by atoms with Gasteiger partial charge in [-0.15, -0.1) is 0 Å². The third kappa shape index (κ3) is 3.31. The van der Waals surface area contributed by atoms with Gasteiger partial charge in [-0.05, 0) is 51.0 Å². The Labute approximate surface area is 124 Å². The van der Waals surface area contributed by atoms with Crippen molar-refractivity contribution in [1.82, 2.24) is 10.2 Å². The molecule has 1 heterocycles. The first kappa shape index (κ1) is 14.9. The maximum atomic E-state index is 12.3. The van der Waals surface area contributed by atoms with E-state index in [1.165, 1.54) is 0 Å². The molecule has 5 heteroatoms. The Balaban J connectivity index is 1.96. The summed E-state index contributed by atoms with van der Waals surface area (Å²) in [5, 5.41) is 3.32. The van der Waals surface area contributed by atoms with Gasteiger partial charge in [0.2, 0.25) is 5.91 Å². The summed E-state index contributed by atoms with van der Waals surface area (Å²) in [7, 11) is 0. The highest BCUT2D eigenvalue weighted by Crippen LogP contribution is 2.17. The highest BCUT2D eigenvalue weighted by atomic mass is 35.5. The standard InChI is InChI=1S/C15H19ClN2O2/c1-10-4-3-9-18(10)15(20)11(2)17-14(19)12-5-7-13(16)8-6-12/h5-8,10-11H,3-4,9H2,1-2H3,(H,17,19)/t10-,11?/m0/s1. The summed E-state index contributed by atoms with van der Waals surface area (Å²) in [4.78, 5) is 26.1. The summed E-state index contributed by atoms with van der Waals surface area (Å²) in [6.45, 7) is 4.54. The van der Waals surface area contributed by atoms with Crippen LogP contribution >= 0.6 is 11.6 Å². The Hall–Kier alpha value is -1.55. The van der Waals surface area contributed by atoms with Gasteiger partial charge in [-0.25, -0.2) is 0 Å². The van der Waals surface area contributed by atoms with Gasteiger partial charge >= 0.3 is 0 Å². The van der Waals surface area contributed by atoms with Crippen molar-refractivity contribution < 1.29 is 9.59 Å². The van der Waals surface area contributed by atoms with Crippen LogP contribution < -0.4 is 5.32 Å². The van der Waals surface area contributed by atoms with E-state index in [0.717, 1.165) is 19.4 Å². The summed E-state index contributed by atoms with van der Waals surface area (Å²) in [6.07, 6.45) is 2.06. The molecular formula is C15H19ClN2O2. The third-order valence-corrected chi connectivity index (χ3v) is 3.91. The maximum absolute atomic E-state index is 12.3. The molecule has 1 N–H and O–H groups in total. The number of nitrogens with one attached hydrogen (secondary N) is 1. The number of amides is 2. The molecule has 1 aromatic carbocycles. The Kier molecular flexibility index (Phi) is 4.65. The van der Waals surface area contributed by atoms with Crippen LogP contribution in [0, 0.1) is 0 Å². The first-order valence-electron chi connectivity index (χ1n) is 6.86.